The van der Waals surface area contributed by atoms with Crippen molar-refractivity contribution in [2.24, 2.45) is 0 Å². The second-order valence-corrected chi connectivity index (χ2v) is 17.0. The summed E-state index contributed by atoms with van der Waals surface area (Å²) in [6, 6.07) is 72.3. The van der Waals surface area contributed by atoms with Crippen LogP contribution < -0.4 is 9.80 Å². The van der Waals surface area contributed by atoms with Crippen molar-refractivity contribution in [2.75, 3.05) is 9.80 Å². The maximum Gasteiger partial charge on any atom is 0.135 e. The van der Waals surface area contributed by atoms with Crippen LogP contribution in [0.2, 0.25) is 0 Å². The van der Waals surface area contributed by atoms with Crippen LogP contribution in [0.15, 0.2) is 194 Å². The summed E-state index contributed by atoms with van der Waals surface area (Å²) in [6.07, 6.45) is -0.123. The minimum absolute atomic E-state index is 0. The molecule has 4 nitrogen and oxygen atoms in total. The SMILES string of the molecule is [2H]C([2H])(c1[c-]c2c(cc1)c1ccccc1n2-c1cc(C(C)(c2ccccc2)c2ccccc2)ccn1)c1[c-]c(N2[CH-]N(c3ccccc3)c3ccccc32)cc(-c2c(C)cc(C)cc2C)c1.[Pt]. The Bertz CT molecular complexity index is 3380. The third-order valence-electron chi connectivity index (χ3n) is 12.9. The number of aromatic nitrogens is 2. The van der Waals surface area contributed by atoms with Crippen molar-refractivity contribution in [1.82, 2.24) is 9.55 Å². The Balaban J connectivity index is 0.00000525. The number of benzene rings is 8. The summed E-state index contributed by atoms with van der Waals surface area (Å²) in [7, 11) is 0. The van der Waals surface area contributed by atoms with Crippen molar-refractivity contribution in [1.29, 1.82) is 0 Å². The first-order valence-electron chi connectivity index (χ1n) is 22.9. The van der Waals surface area contributed by atoms with E-state index in [1.54, 1.807) is 0 Å². The monoisotopic (exact) mass is 1020 g/mol. The quantitative estimate of drug-likeness (QED) is 0.135. The Hall–Kier alpha value is -7.00. The standard InChI is InChI=1S/C60H47N4.Pt/c1-41-32-42(2)59(43(3)33-41)46-35-45(36-51(38-46)63-40-62(50-22-12-7-13-23-50)55-26-16-17-27-56(55)63)34-44-28-29-53-52-24-14-15-25-54(52)64(57(53)37-44)58-39-49(30-31-61-58)60(4,47-18-8-5-9-19-47)48-20-10-6-11-21-48;/h5-33,35,38-40H,34H2,1-4H3;/q-3;/i34D2;. The van der Waals surface area contributed by atoms with E-state index in [0.717, 1.165) is 78.2 Å². The number of para-hydroxylation sites is 4. The maximum atomic E-state index is 10.1. The average Bonchev–Trinajstić information content (AvgIpc) is 3.90. The predicted octanol–water partition coefficient (Wildman–Crippen LogP) is 14.7. The molecule has 65 heavy (non-hydrogen) atoms. The van der Waals surface area contributed by atoms with E-state index in [2.05, 4.69) is 200 Å². The molecule has 8 aromatic carbocycles. The number of fused-ring (bicyclic) bond motifs is 4. The zero-order valence-corrected chi connectivity index (χ0v) is 38.9. The van der Waals surface area contributed by atoms with Crippen LogP contribution in [0.3, 0.4) is 0 Å². The second kappa shape index (κ2) is 17.2. The molecule has 0 N–H and O–H groups in total. The molecule has 1 aliphatic heterocycles. The summed E-state index contributed by atoms with van der Waals surface area (Å²) in [5.41, 5.74) is 14.8. The number of nitrogens with zero attached hydrogens (tertiary/aromatic N) is 4. The van der Waals surface area contributed by atoms with Crippen molar-refractivity contribution < 1.29 is 23.8 Å². The van der Waals surface area contributed by atoms with Crippen LogP contribution in [-0.2, 0) is 32.9 Å². The molecule has 1 aliphatic rings. The Morgan fingerprint density at radius 3 is 1.89 bits per heavy atom. The molecule has 0 atom stereocenters. The van der Waals surface area contributed by atoms with E-state index in [0.29, 0.717) is 11.1 Å². The van der Waals surface area contributed by atoms with Crippen molar-refractivity contribution in [3.05, 3.63) is 258 Å². The summed E-state index contributed by atoms with van der Waals surface area (Å²) in [4.78, 5) is 9.34. The van der Waals surface area contributed by atoms with Gasteiger partial charge in [-0.3, -0.25) is 0 Å². The Morgan fingerprint density at radius 2 is 1.20 bits per heavy atom. The van der Waals surface area contributed by atoms with E-state index in [1.165, 1.54) is 16.7 Å². The number of anilines is 4. The summed E-state index contributed by atoms with van der Waals surface area (Å²) < 4.78 is 22.4. The van der Waals surface area contributed by atoms with Gasteiger partial charge in [0.15, 0.2) is 0 Å². The van der Waals surface area contributed by atoms with E-state index in [4.69, 9.17) is 4.98 Å². The number of pyridine rings is 1. The molecule has 0 spiro atoms. The minimum Gasteiger partial charge on any atom is -0.493 e. The van der Waals surface area contributed by atoms with Crippen molar-refractivity contribution >= 4 is 44.6 Å². The fraction of sp³-hybridized carbons (Fsp3) is 0.100. The van der Waals surface area contributed by atoms with Crippen molar-refractivity contribution in [3.8, 4) is 16.9 Å². The fourth-order valence-corrected chi connectivity index (χ4v) is 9.87. The van der Waals surface area contributed by atoms with Crippen LogP contribution in [-0.4, -0.2) is 9.55 Å². The summed E-state index contributed by atoms with van der Waals surface area (Å²) in [5, 5.41) is 2.02. The molecule has 0 amide bonds. The normalized spacial score (nSPS) is 13.1. The molecule has 0 saturated carbocycles. The van der Waals surface area contributed by atoms with E-state index in [9.17, 15) is 2.74 Å². The van der Waals surface area contributed by atoms with Gasteiger partial charge in [-0.2, -0.15) is 41.5 Å². The zero-order chi connectivity index (χ0) is 45.2. The Labute approximate surface area is 399 Å². The third-order valence-corrected chi connectivity index (χ3v) is 12.9. The van der Waals surface area contributed by atoms with Gasteiger partial charge in [-0.25, -0.2) is 4.98 Å². The van der Waals surface area contributed by atoms with Gasteiger partial charge in [-0.1, -0.05) is 132 Å². The molecule has 3 heterocycles. The molecule has 320 valence electrons. The average molecular weight is 1020 g/mol. The van der Waals surface area contributed by atoms with Crippen molar-refractivity contribution in [2.45, 2.75) is 39.5 Å². The van der Waals surface area contributed by atoms with Crippen molar-refractivity contribution in [3.63, 3.8) is 0 Å². The maximum absolute atomic E-state index is 10.1. The molecule has 0 aliphatic carbocycles. The molecule has 0 bridgehead atoms. The third kappa shape index (κ3) is 7.46. The molecular formula is C60H47N4Pt-3. The largest absolute Gasteiger partial charge is 0.493 e. The fourth-order valence-electron chi connectivity index (χ4n) is 9.87. The molecule has 0 radical (unpaired) electrons. The predicted molar refractivity (Wildman–Crippen MR) is 265 cm³/mol. The number of rotatable bonds is 9. The summed E-state index contributed by atoms with van der Waals surface area (Å²) >= 11 is 0. The van der Waals surface area contributed by atoms with E-state index in [-0.39, 0.29) is 21.1 Å². The topological polar surface area (TPSA) is 24.3 Å². The molecule has 0 fully saturated rings. The molecule has 0 unspecified atom stereocenters. The molecule has 10 aromatic rings. The number of hydrogen-bond donors (Lipinski definition) is 0. The van der Waals surface area contributed by atoms with Gasteiger partial charge in [0.05, 0.1) is 0 Å². The Kier molecular flexibility index (Phi) is 10.5. The number of hydrogen-bond acceptors (Lipinski definition) is 3. The molecule has 2 aromatic heterocycles. The molecule has 11 rings (SSSR count). The minimum atomic E-state index is -2.01. The molecule has 0 saturated heterocycles. The number of aryl methyl sites for hydroxylation is 3. The van der Waals surface area contributed by atoms with E-state index >= 15 is 0 Å². The summed E-state index contributed by atoms with van der Waals surface area (Å²) in [6.45, 7) is 10.8. The zero-order valence-electron chi connectivity index (χ0n) is 38.7. The van der Waals surface area contributed by atoms with Crippen LogP contribution in [0.4, 0.5) is 22.7 Å². The Morgan fingerprint density at radius 1 is 0.585 bits per heavy atom. The van der Waals surface area contributed by atoms with E-state index < -0.39 is 11.8 Å². The van der Waals surface area contributed by atoms with Gasteiger partial charge in [0.1, 0.15) is 5.82 Å². The van der Waals surface area contributed by atoms with Gasteiger partial charge in [0, 0.05) is 58.0 Å². The first-order chi connectivity index (χ1) is 32.1. The molecule has 5 heteroatoms. The van der Waals surface area contributed by atoms with Gasteiger partial charge >= 0.3 is 0 Å². The smallest absolute Gasteiger partial charge is 0.135 e. The first-order valence-corrected chi connectivity index (χ1v) is 21.9. The second-order valence-electron chi connectivity index (χ2n) is 17.0. The molecular weight excluding hydrogens is 972 g/mol. The van der Waals surface area contributed by atoms with Crippen LogP contribution in [0.5, 0.6) is 0 Å². The van der Waals surface area contributed by atoms with Gasteiger partial charge in [-0.05, 0) is 115 Å². The van der Waals surface area contributed by atoms with Crippen LogP contribution in [0.25, 0.3) is 38.8 Å². The van der Waals surface area contributed by atoms with Gasteiger partial charge < -0.3 is 14.4 Å². The van der Waals surface area contributed by atoms with Crippen LogP contribution >= 0.6 is 0 Å². The van der Waals surface area contributed by atoms with Gasteiger partial charge in [0.2, 0.25) is 0 Å². The first kappa shape index (κ1) is 39.6. The van der Waals surface area contributed by atoms with Gasteiger partial charge in [-0.15, -0.1) is 29.4 Å². The summed E-state index contributed by atoms with van der Waals surface area (Å²) in [5.74, 6) is 0.734. The van der Waals surface area contributed by atoms with Gasteiger partial charge in [0.25, 0.3) is 0 Å². The van der Waals surface area contributed by atoms with E-state index in [1.807, 2.05) is 54.7 Å². The van der Waals surface area contributed by atoms with Crippen LogP contribution in [0.1, 0.15) is 54.2 Å². The van der Waals surface area contributed by atoms with Crippen LogP contribution in [0, 0.1) is 39.6 Å².